The van der Waals surface area contributed by atoms with E-state index in [-0.39, 0.29) is 0 Å². The first kappa shape index (κ1) is 14.9. The molecule has 0 spiro atoms. The first-order valence-electron chi connectivity index (χ1n) is 7.68. The van der Waals surface area contributed by atoms with Gasteiger partial charge in [-0.3, -0.25) is 5.10 Å². The number of fused-ring (bicyclic) bond motifs is 1. The van der Waals surface area contributed by atoms with Gasteiger partial charge < -0.3 is 14.8 Å². The molecule has 2 N–H and O–H groups in total. The number of aromatic amines is 1. The lowest BCUT2D eigenvalue weighted by atomic mass is 9.93. The molecule has 0 radical (unpaired) electrons. The largest absolute Gasteiger partial charge is 0.496 e. The van der Waals surface area contributed by atoms with Gasteiger partial charge in [0.25, 0.3) is 0 Å². The average molecular weight is 301 g/mol. The number of benzene rings is 1. The van der Waals surface area contributed by atoms with Crippen LogP contribution in [0, 0.1) is 6.92 Å². The van der Waals surface area contributed by atoms with Gasteiger partial charge in [-0.25, -0.2) is 0 Å². The molecule has 1 aromatic heterocycles. The molecule has 118 valence electrons. The highest BCUT2D eigenvalue weighted by molar-refractivity contribution is 5.49. The molecule has 22 heavy (non-hydrogen) atoms. The SMILES string of the molecule is COc1ccc(CNC2CCc3cn[nH]c3C2)c(OC)c1C. The summed E-state index contributed by atoms with van der Waals surface area (Å²) in [4.78, 5) is 0. The zero-order valence-electron chi connectivity index (χ0n) is 13.4. The molecule has 0 fully saturated rings. The molecule has 3 rings (SSSR count). The van der Waals surface area contributed by atoms with Crippen LogP contribution in [-0.4, -0.2) is 30.5 Å². The summed E-state index contributed by atoms with van der Waals surface area (Å²) in [5.41, 5.74) is 4.83. The number of nitrogens with one attached hydrogen (secondary N) is 2. The lowest BCUT2D eigenvalue weighted by molar-refractivity contribution is 0.381. The second-order valence-corrected chi connectivity index (χ2v) is 5.78. The number of aryl methyl sites for hydroxylation is 1. The highest BCUT2D eigenvalue weighted by atomic mass is 16.5. The topological polar surface area (TPSA) is 59.2 Å². The molecule has 5 nitrogen and oxygen atoms in total. The van der Waals surface area contributed by atoms with E-state index < -0.39 is 0 Å². The van der Waals surface area contributed by atoms with Crippen molar-refractivity contribution in [3.05, 3.63) is 40.7 Å². The van der Waals surface area contributed by atoms with Crippen LogP contribution in [0.3, 0.4) is 0 Å². The number of nitrogens with zero attached hydrogens (tertiary/aromatic N) is 1. The molecular formula is C17H23N3O2. The third kappa shape index (κ3) is 2.81. The molecule has 1 unspecified atom stereocenters. The smallest absolute Gasteiger partial charge is 0.129 e. The van der Waals surface area contributed by atoms with E-state index in [1.54, 1.807) is 14.2 Å². The quantitative estimate of drug-likeness (QED) is 0.890. The van der Waals surface area contributed by atoms with Gasteiger partial charge in [0.05, 0.1) is 20.4 Å². The number of rotatable bonds is 5. The Bertz CT molecular complexity index is 651. The maximum Gasteiger partial charge on any atom is 0.129 e. The van der Waals surface area contributed by atoms with Crippen LogP contribution in [-0.2, 0) is 19.4 Å². The van der Waals surface area contributed by atoms with E-state index in [9.17, 15) is 0 Å². The minimum Gasteiger partial charge on any atom is -0.496 e. The van der Waals surface area contributed by atoms with Crippen LogP contribution in [0.15, 0.2) is 18.3 Å². The van der Waals surface area contributed by atoms with Gasteiger partial charge >= 0.3 is 0 Å². The third-order valence-corrected chi connectivity index (χ3v) is 4.46. The fraction of sp³-hybridized carbons (Fsp3) is 0.471. The molecule has 1 atom stereocenters. The Labute approximate surface area is 131 Å². The highest BCUT2D eigenvalue weighted by Crippen LogP contribution is 2.31. The van der Waals surface area contributed by atoms with Crippen LogP contribution in [0.1, 0.15) is 28.8 Å². The Hall–Kier alpha value is -2.01. The molecule has 5 heteroatoms. The van der Waals surface area contributed by atoms with Crippen molar-refractivity contribution in [3.8, 4) is 11.5 Å². The van der Waals surface area contributed by atoms with Gasteiger partial charge in [0.15, 0.2) is 0 Å². The maximum absolute atomic E-state index is 5.57. The Morgan fingerprint density at radius 1 is 1.32 bits per heavy atom. The second-order valence-electron chi connectivity index (χ2n) is 5.78. The molecule has 0 aliphatic heterocycles. The Morgan fingerprint density at radius 2 is 2.18 bits per heavy atom. The lowest BCUT2D eigenvalue weighted by Crippen LogP contribution is -2.34. The molecule has 0 bridgehead atoms. The normalized spacial score (nSPS) is 17.1. The summed E-state index contributed by atoms with van der Waals surface area (Å²) in [6.45, 7) is 2.82. The molecule has 0 amide bonds. The minimum absolute atomic E-state index is 0.472. The van der Waals surface area contributed by atoms with Crippen molar-refractivity contribution < 1.29 is 9.47 Å². The number of ether oxygens (including phenoxy) is 2. The predicted molar refractivity (Wildman–Crippen MR) is 85.5 cm³/mol. The number of methoxy groups -OCH3 is 2. The van der Waals surface area contributed by atoms with Gasteiger partial charge in [0.2, 0.25) is 0 Å². The minimum atomic E-state index is 0.472. The van der Waals surface area contributed by atoms with Crippen molar-refractivity contribution in [2.24, 2.45) is 0 Å². The van der Waals surface area contributed by atoms with Crippen molar-refractivity contribution in [3.63, 3.8) is 0 Å². The van der Waals surface area contributed by atoms with E-state index in [2.05, 4.69) is 21.6 Å². The Kier molecular flexibility index (Phi) is 4.34. The van der Waals surface area contributed by atoms with Gasteiger partial charge in [-0.05, 0) is 31.4 Å². The average Bonchev–Trinajstić information content (AvgIpc) is 3.00. The van der Waals surface area contributed by atoms with Crippen molar-refractivity contribution in [1.82, 2.24) is 15.5 Å². The summed E-state index contributed by atoms with van der Waals surface area (Å²) in [5, 5.41) is 10.9. The molecule has 1 heterocycles. The molecule has 0 saturated carbocycles. The molecular weight excluding hydrogens is 278 g/mol. The lowest BCUT2D eigenvalue weighted by Gasteiger charge is -2.23. The molecule has 0 saturated heterocycles. The van der Waals surface area contributed by atoms with E-state index in [4.69, 9.17) is 9.47 Å². The Balaban J connectivity index is 1.68. The number of H-pyrrole nitrogens is 1. The van der Waals surface area contributed by atoms with E-state index >= 15 is 0 Å². The van der Waals surface area contributed by atoms with E-state index in [0.29, 0.717) is 6.04 Å². The third-order valence-electron chi connectivity index (χ3n) is 4.46. The summed E-state index contributed by atoms with van der Waals surface area (Å²) < 4.78 is 10.9. The van der Waals surface area contributed by atoms with E-state index in [1.165, 1.54) is 11.3 Å². The molecule has 2 aromatic rings. The number of hydrogen-bond donors (Lipinski definition) is 2. The number of hydrogen-bond acceptors (Lipinski definition) is 4. The Morgan fingerprint density at radius 3 is 2.95 bits per heavy atom. The van der Waals surface area contributed by atoms with Gasteiger partial charge in [-0.1, -0.05) is 6.07 Å². The van der Waals surface area contributed by atoms with Crippen molar-refractivity contribution in [1.29, 1.82) is 0 Å². The summed E-state index contributed by atoms with van der Waals surface area (Å²) in [7, 11) is 3.40. The van der Waals surface area contributed by atoms with Gasteiger partial charge in [-0.2, -0.15) is 5.10 Å². The fourth-order valence-electron chi connectivity index (χ4n) is 3.21. The zero-order chi connectivity index (χ0) is 15.5. The van der Waals surface area contributed by atoms with Crippen LogP contribution >= 0.6 is 0 Å². The fourth-order valence-corrected chi connectivity index (χ4v) is 3.21. The van der Waals surface area contributed by atoms with E-state index in [1.807, 2.05) is 19.2 Å². The molecule has 1 aliphatic carbocycles. The van der Waals surface area contributed by atoms with Crippen LogP contribution in [0.25, 0.3) is 0 Å². The van der Waals surface area contributed by atoms with Crippen LogP contribution < -0.4 is 14.8 Å². The highest BCUT2D eigenvalue weighted by Gasteiger charge is 2.20. The molecule has 1 aliphatic rings. The predicted octanol–water partition coefficient (Wildman–Crippen LogP) is 2.38. The van der Waals surface area contributed by atoms with Gasteiger partial charge in [0, 0.05) is 35.8 Å². The standard InChI is InChI=1S/C17H23N3O2/c1-11-16(21-2)7-5-13(17(11)22-3)9-18-14-6-4-12-10-19-20-15(12)8-14/h5,7,10,14,18H,4,6,8-9H2,1-3H3,(H,19,20). The summed E-state index contributed by atoms with van der Waals surface area (Å²) in [5.74, 6) is 1.77. The van der Waals surface area contributed by atoms with Crippen molar-refractivity contribution in [2.75, 3.05) is 14.2 Å². The summed E-state index contributed by atoms with van der Waals surface area (Å²) >= 11 is 0. The number of aromatic nitrogens is 2. The van der Waals surface area contributed by atoms with Crippen molar-refractivity contribution in [2.45, 2.75) is 38.8 Å². The van der Waals surface area contributed by atoms with Crippen LogP contribution in [0.5, 0.6) is 11.5 Å². The zero-order valence-corrected chi connectivity index (χ0v) is 13.4. The maximum atomic E-state index is 5.57. The first-order valence-corrected chi connectivity index (χ1v) is 7.68. The molecule has 1 aromatic carbocycles. The summed E-state index contributed by atoms with van der Waals surface area (Å²) in [6, 6.07) is 4.55. The summed E-state index contributed by atoms with van der Waals surface area (Å²) in [6.07, 6.45) is 5.18. The van der Waals surface area contributed by atoms with Crippen molar-refractivity contribution >= 4 is 0 Å². The van der Waals surface area contributed by atoms with Crippen LogP contribution in [0.2, 0.25) is 0 Å². The van der Waals surface area contributed by atoms with Gasteiger partial charge in [-0.15, -0.1) is 0 Å². The second kappa shape index (κ2) is 6.40. The monoisotopic (exact) mass is 301 g/mol. The van der Waals surface area contributed by atoms with Gasteiger partial charge in [0.1, 0.15) is 11.5 Å². The first-order chi connectivity index (χ1) is 10.7. The van der Waals surface area contributed by atoms with E-state index in [0.717, 1.165) is 48.4 Å². The van der Waals surface area contributed by atoms with Crippen LogP contribution in [0.4, 0.5) is 0 Å².